The van der Waals surface area contributed by atoms with E-state index < -0.39 is 4.92 Å². The summed E-state index contributed by atoms with van der Waals surface area (Å²) in [5.41, 5.74) is 0.988. The van der Waals surface area contributed by atoms with Crippen molar-refractivity contribution in [3.8, 4) is 0 Å². The molecule has 1 aromatic carbocycles. The number of thiophene rings is 1. The van der Waals surface area contributed by atoms with Gasteiger partial charge in [0.25, 0.3) is 11.6 Å². The summed E-state index contributed by atoms with van der Waals surface area (Å²) < 4.78 is 5.68. The Labute approximate surface area is 150 Å². The van der Waals surface area contributed by atoms with Crippen LogP contribution in [0.2, 0.25) is 0 Å². The summed E-state index contributed by atoms with van der Waals surface area (Å²) in [4.78, 5) is 26.4. The summed E-state index contributed by atoms with van der Waals surface area (Å²) in [5, 5.41) is 13.0. The van der Waals surface area contributed by atoms with Gasteiger partial charge in [-0.15, -0.1) is 11.3 Å². The van der Waals surface area contributed by atoms with E-state index in [1.54, 1.807) is 29.2 Å². The van der Waals surface area contributed by atoms with Gasteiger partial charge in [-0.25, -0.2) is 0 Å². The molecular weight excluding hydrogens is 340 g/mol. The molecule has 0 bridgehead atoms. The fraction of sp³-hybridized carbons (Fsp3) is 0.389. The summed E-state index contributed by atoms with van der Waals surface area (Å²) in [7, 11) is 0. The number of hydrogen-bond acceptors (Lipinski definition) is 5. The molecule has 1 fully saturated rings. The molecule has 0 spiro atoms. The molecule has 1 atom stereocenters. The lowest BCUT2D eigenvalue weighted by Gasteiger charge is -2.25. The van der Waals surface area contributed by atoms with Crippen molar-refractivity contribution < 1.29 is 14.5 Å². The minimum atomic E-state index is -0.431. The number of amides is 1. The Morgan fingerprint density at radius 2 is 2.28 bits per heavy atom. The third-order valence-corrected chi connectivity index (χ3v) is 5.16. The van der Waals surface area contributed by atoms with Crippen LogP contribution in [-0.2, 0) is 11.3 Å². The summed E-state index contributed by atoms with van der Waals surface area (Å²) in [6, 6.07) is 8.49. The van der Waals surface area contributed by atoms with Gasteiger partial charge in [0.2, 0.25) is 0 Å². The lowest BCUT2D eigenvalue weighted by atomic mass is 10.1. The maximum atomic E-state index is 13.0. The Hall–Kier alpha value is -2.25. The van der Waals surface area contributed by atoms with Crippen molar-refractivity contribution in [3.05, 3.63) is 61.8 Å². The van der Waals surface area contributed by atoms with E-state index in [0.717, 1.165) is 24.3 Å². The van der Waals surface area contributed by atoms with Crippen molar-refractivity contribution in [2.75, 3.05) is 13.2 Å². The Morgan fingerprint density at radius 1 is 1.44 bits per heavy atom. The summed E-state index contributed by atoms with van der Waals surface area (Å²) in [5.74, 6) is -0.123. The molecule has 1 aromatic heterocycles. The quantitative estimate of drug-likeness (QED) is 0.580. The Bertz CT molecular complexity index is 754. The SMILES string of the molecule is Cc1cc(C(=O)N(Cc2cccs2)CC2CCCO2)ccc1[N+](=O)[O-]. The number of benzene rings is 1. The van der Waals surface area contributed by atoms with Gasteiger partial charge in [0.15, 0.2) is 0 Å². The van der Waals surface area contributed by atoms with Gasteiger partial charge in [0, 0.05) is 35.2 Å². The normalized spacial score (nSPS) is 16.8. The topological polar surface area (TPSA) is 72.7 Å². The number of nitro groups is 1. The molecule has 6 nitrogen and oxygen atoms in total. The molecular formula is C18H20N2O4S. The standard InChI is InChI=1S/C18H20N2O4S/c1-13-10-14(6-7-17(13)20(22)23)18(21)19(11-15-4-2-8-24-15)12-16-5-3-9-25-16/h3,5-7,9-10,15H,2,4,8,11-12H2,1H3. The molecule has 7 heteroatoms. The average Bonchev–Trinajstić information content (AvgIpc) is 3.27. The molecule has 1 aliphatic rings. The predicted molar refractivity (Wildman–Crippen MR) is 95.9 cm³/mol. The minimum Gasteiger partial charge on any atom is -0.376 e. The van der Waals surface area contributed by atoms with Gasteiger partial charge in [0.05, 0.1) is 17.6 Å². The summed E-state index contributed by atoms with van der Waals surface area (Å²) in [6.07, 6.45) is 2.03. The largest absolute Gasteiger partial charge is 0.376 e. The zero-order valence-corrected chi connectivity index (χ0v) is 14.8. The van der Waals surface area contributed by atoms with Crippen LogP contribution in [0.1, 0.15) is 33.6 Å². The van der Waals surface area contributed by atoms with Crippen LogP contribution in [0.15, 0.2) is 35.7 Å². The van der Waals surface area contributed by atoms with Gasteiger partial charge < -0.3 is 9.64 Å². The third-order valence-electron chi connectivity index (χ3n) is 4.30. The highest BCUT2D eigenvalue weighted by atomic mass is 32.1. The number of aryl methyl sites for hydroxylation is 1. The van der Waals surface area contributed by atoms with Gasteiger partial charge in [-0.1, -0.05) is 6.07 Å². The van der Waals surface area contributed by atoms with Gasteiger partial charge in [-0.3, -0.25) is 14.9 Å². The van der Waals surface area contributed by atoms with E-state index in [-0.39, 0.29) is 17.7 Å². The number of carbonyl (C=O) groups excluding carboxylic acids is 1. The molecule has 1 amide bonds. The lowest BCUT2D eigenvalue weighted by molar-refractivity contribution is -0.385. The highest BCUT2D eigenvalue weighted by Crippen LogP contribution is 2.22. The van der Waals surface area contributed by atoms with Gasteiger partial charge in [-0.05, 0) is 43.3 Å². The molecule has 2 aromatic rings. The molecule has 132 valence electrons. The number of hydrogen-bond donors (Lipinski definition) is 0. The molecule has 0 saturated carbocycles. The molecule has 1 saturated heterocycles. The number of rotatable bonds is 6. The smallest absolute Gasteiger partial charge is 0.272 e. The summed E-state index contributed by atoms with van der Waals surface area (Å²) >= 11 is 1.61. The molecule has 0 aliphatic carbocycles. The van der Waals surface area contributed by atoms with Crippen molar-refractivity contribution >= 4 is 22.9 Å². The third kappa shape index (κ3) is 4.24. The van der Waals surface area contributed by atoms with E-state index in [1.807, 2.05) is 17.5 Å². The maximum Gasteiger partial charge on any atom is 0.272 e. The highest BCUT2D eigenvalue weighted by molar-refractivity contribution is 7.09. The van der Waals surface area contributed by atoms with E-state index in [2.05, 4.69) is 0 Å². The van der Waals surface area contributed by atoms with E-state index >= 15 is 0 Å². The van der Waals surface area contributed by atoms with Crippen molar-refractivity contribution in [1.82, 2.24) is 4.90 Å². The van der Waals surface area contributed by atoms with Crippen molar-refractivity contribution in [2.45, 2.75) is 32.4 Å². The second-order valence-electron chi connectivity index (χ2n) is 6.16. The van der Waals surface area contributed by atoms with Gasteiger partial charge in [-0.2, -0.15) is 0 Å². The Kier molecular flexibility index (Phi) is 5.45. The second-order valence-corrected chi connectivity index (χ2v) is 7.19. The number of ether oxygens (including phenoxy) is 1. The Balaban J connectivity index is 1.82. The van der Waals surface area contributed by atoms with Crippen LogP contribution in [0.5, 0.6) is 0 Å². The van der Waals surface area contributed by atoms with E-state index in [1.165, 1.54) is 12.1 Å². The molecule has 3 rings (SSSR count). The molecule has 1 aliphatic heterocycles. The Morgan fingerprint density at radius 3 is 2.88 bits per heavy atom. The average molecular weight is 360 g/mol. The highest BCUT2D eigenvalue weighted by Gasteiger charge is 2.25. The second kappa shape index (κ2) is 7.76. The van der Waals surface area contributed by atoms with E-state index in [9.17, 15) is 14.9 Å². The lowest BCUT2D eigenvalue weighted by Crippen LogP contribution is -2.36. The first-order valence-electron chi connectivity index (χ1n) is 8.23. The van der Waals surface area contributed by atoms with Crippen molar-refractivity contribution in [3.63, 3.8) is 0 Å². The first kappa shape index (κ1) is 17.6. The van der Waals surface area contributed by atoms with Crippen LogP contribution in [0.4, 0.5) is 5.69 Å². The van der Waals surface area contributed by atoms with E-state index in [0.29, 0.717) is 24.2 Å². The fourth-order valence-corrected chi connectivity index (χ4v) is 3.74. The van der Waals surface area contributed by atoms with Crippen LogP contribution in [-0.4, -0.2) is 35.0 Å². The minimum absolute atomic E-state index is 0.0282. The summed E-state index contributed by atoms with van der Waals surface area (Å²) in [6.45, 7) is 3.44. The molecule has 0 radical (unpaired) electrons. The van der Waals surface area contributed by atoms with Crippen LogP contribution >= 0.6 is 11.3 Å². The van der Waals surface area contributed by atoms with Crippen LogP contribution < -0.4 is 0 Å². The first-order valence-corrected chi connectivity index (χ1v) is 9.11. The molecule has 25 heavy (non-hydrogen) atoms. The van der Waals surface area contributed by atoms with Gasteiger partial charge in [0.1, 0.15) is 0 Å². The van der Waals surface area contributed by atoms with E-state index in [4.69, 9.17) is 4.74 Å². The van der Waals surface area contributed by atoms with Crippen LogP contribution in [0.3, 0.4) is 0 Å². The predicted octanol–water partition coefficient (Wildman–Crippen LogP) is 3.79. The molecule has 1 unspecified atom stereocenters. The first-order chi connectivity index (χ1) is 12.0. The van der Waals surface area contributed by atoms with Crippen molar-refractivity contribution in [2.24, 2.45) is 0 Å². The number of nitro benzene ring substituents is 1. The maximum absolute atomic E-state index is 13.0. The van der Waals surface area contributed by atoms with Crippen LogP contribution in [0.25, 0.3) is 0 Å². The van der Waals surface area contributed by atoms with Crippen molar-refractivity contribution in [1.29, 1.82) is 0 Å². The zero-order valence-electron chi connectivity index (χ0n) is 14.0. The molecule has 2 heterocycles. The molecule has 0 N–H and O–H groups in total. The number of nitrogens with zero attached hydrogens (tertiary/aromatic N) is 2. The fourth-order valence-electron chi connectivity index (χ4n) is 3.02. The van der Waals surface area contributed by atoms with Gasteiger partial charge >= 0.3 is 0 Å². The van der Waals surface area contributed by atoms with Crippen LogP contribution in [0, 0.1) is 17.0 Å². The monoisotopic (exact) mass is 360 g/mol. The zero-order chi connectivity index (χ0) is 17.8. The number of carbonyl (C=O) groups is 1.